The molecule has 0 spiro atoms. The van der Waals surface area contributed by atoms with E-state index in [0.29, 0.717) is 5.69 Å². The molecule has 0 aliphatic heterocycles. The fourth-order valence-electron chi connectivity index (χ4n) is 1.78. The fraction of sp³-hybridized carbons (Fsp3) is 0.333. The van der Waals surface area contributed by atoms with Gasteiger partial charge in [0.1, 0.15) is 0 Å². The lowest BCUT2D eigenvalue weighted by Crippen LogP contribution is -1.96. The number of nitrogens with zero attached hydrogens (tertiary/aromatic N) is 3. The molecular weight excluding hydrogens is 200 g/mol. The average molecular weight is 216 g/mol. The van der Waals surface area contributed by atoms with Gasteiger partial charge in [0.2, 0.25) is 0 Å². The Morgan fingerprint density at radius 3 is 2.88 bits per heavy atom. The minimum atomic E-state index is 0.696. The van der Waals surface area contributed by atoms with Crippen LogP contribution in [0.3, 0.4) is 0 Å². The van der Waals surface area contributed by atoms with E-state index in [1.165, 1.54) is 0 Å². The predicted molar refractivity (Wildman–Crippen MR) is 64.9 cm³/mol. The molecule has 0 saturated heterocycles. The van der Waals surface area contributed by atoms with E-state index in [9.17, 15) is 0 Å². The number of anilines is 1. The topological polar surface area (TPSA) is 56.7 Å². The Morgan fingerprint density at radius 2 is 2.19 bits per heavy atom. The van der Waals surface area contributed by atoms with E-state index in [4.69, 9.17) is 5.73 Å². The van der Waals surface area contributed by atoms with Crippen molar-refractivity contribution in [2.75, 3.05) is 5.73 Å². The first-order valence-electron chi connectivity index (χ1n) is 5.46. The molecule has 0 aliphatic carbocycles. The Hall–Kier alpha value is -1.84. The van der Waals surface area contributed by atoms with Crippen molar-refractivity contribution < 1.29 is 0 Å². The number of hydrogen-bond acceptors (Lipinski definition) is 3. The normalized spacial score (nSPS) is 10.6. The zero-order chi connectivity index (χ0) is 11.5. The van der Waals surface area contributed by atoms with Gasteiger partial charge in [0.15, 0.2) is 0 Å². The second kappa shape index (κ2) is 4.35. The second-order valence-corrected chi connectivity index (χ2v) is 3.85. The van der Waals surface area contributed by atoms with E-state index in [-0.39, 0.29) is 0 Å². The van der Waals surface area contributed by atoms with Gasteiger partial charge in [0.25, 0.3) is 0 Å². The molecule has 2 N–H and O–H groups in total. The highest BCUT2D eigenvalue weighted by atomic mass is 15.3. The highest BCUT2D eigenvalue weighted by molar-refractivity contribution is 5.76. The molecule has 2 heterocycles. The second-order valence-electron chi connectivity index (χ2n) is 3.85. The van der Waals surface area contributed by atoms with Crippen LogP contribution in [0.4, 0.5) is 5.69 Å². The summed E-state index contributed by atoms with van der Waals surface area (Å²) in [6.45, 7) is 5.07. The van der Waals surface area contributed by atoms with E-state index in [2.05, 4.69) is 17.0 Å². The highest BCUT2D eigenvalue weighted by Crippen LogP contribution is 2.26. The van der Waals surface area contributed by atoms with E-state index in [1.807, 2.05) is 23.9 Å². The molecule has 0 amide bonds. The van der Waals surface area contributed by atoms with Gasteiger partial charge >= 0.3 is 0 Å². The molecule has 4 heteroatoms. The smallest absolute Gasteiger partial charge is 0.0672 e. The van der Waals surface area contributed by atoms with Crippen LogP contribution in [0.1, 0.15) is 19.0 Å². The van der Waals surface area contributed by atoms with Gasteiger partial charge in [0.05, 0.1) is 17.6 Å². The van der Waals surface area contributed by atoms with Gasteiger partial charge in [-0.1, -0.05) is 6.92 Å². The largest absolute Gasteiger partial charge is 0.397 e. The van der Waals surface area contributed by atoms with Crippen molar-refractivity contribution in [2.45, 2.75) is 26.8 Å². The number of nitrogens with two attached hydrogens (primary N) is 1. The fourth-order valence-corrected chi connectivity index (χ4v) is 1.78. The molecular formula is C12H16N4. The summed E-state index contributed by atoms with van der Waals surface area (Å²) in [5.41, 5.74) is 9.71. The van der Waals surface area contributed by atoms with Crippen molar-refractivity contribution in [3.8, 4) is 11.1 Å². The molecule has 0 bridgehead atoms. The van der Waals surface area contributed by atoms with Gasteiger partial charge in [-0.2, -0.15) is 5.10 Å². The van der Waals surface area contributed by atoms with Crippen LogP contribution in [-0.2, 0) is 6.54 Å². The zero-order valence-electron chi connectivity index (χ0n) is 9.64. The van der Waals surface area contributed by atoms with Gasteiger partial charge in [-0.05, 0) is 19.4 Å². The Morgan fingerprint density at radius 1 is 1.38 bits per heavy atom. The Bertz CT molecular complexity index is 488. The number of rotatable bonds is 3. The van der Waals surface area contributed by atoms with Crippen molar-refractivity contribution >= 4 is 5.69 Å². The summed E-state index contributed by atoms with van der Waals surface area (Å²) in [5, 5.41) is 4.46. The lowest BCUT2D eigenvalue weighted by molar-refractivity contribution is 0.598. The summed E-state index contributed by atoms with van der Waals surface area (Å²) in [7, 11) is 0. The van der Waals surface area contributed by atoms with Crippen LogP contribution in [-0.4, -0.2) is 14.8 Å². The van der Waals surface area contributed by atoms with Crippen LogP contribution >= 0.6 is 0 Å². The predicted octanol–water partition coefficient (Wildman–Crippen LogP) is 2.25. The van der Waals surface area contributed by atoms with Crippen molar-refractivity contribution in [2.24, 2.45) is 0 Å². The van der Waals surface area contributed by atoms with Crippen molar-refractivity contribution in [1.29, 1.82) is 0 Å². The molecule has 84 valence electrons. The number of aromatic nitrogens is 3. The van der Waals surface area contributed by atoms with Gasteiger partial charge in [0, 0.05) is 30.1 Å². The lowest BCUT2D eigenvalue weighted by Gasteiger charge is -2.02. The van der Waals surface area contributed by atoms with Crippen LogP contribution in [0.5, 0.6) is 0 Å². The van der Waals surface area contributed by atoms with Crippen LogP contribution in [0.2, 0.25) is 0 Å². The molecule has 0 radical (unpaired) electrons. The van der Waals surface area contributed by atoms with E-state index in [0.717, 1.165) is 29.8 Å². The number of nitrogen functional groups attached to an aromatic ring is 1. The number of hydrogen-bond donors (Lipinski definition) is 1. The molecule has 0 aromatic carbocycles. The van der Waals surface area contributed by atoms with Crippen molar-refractivity contribution in [3.63, 3.8) is 0 Å². The minimum absolute atomic E-state index is 0.696. The zero-order valence-corrected chi connectivity index (χ0v) is 9.64. The molecule has 0 atom stereocenters. The third-order valence-corrected chi connectivity index (χ3v) is 2.54. The van der Waals surface area contributed by atoms with Gasteiger partial charge in [-0.15, -0.1) is 0 Å². The van der Waals surface area contributed by atoms with Gasteiger partial charge < -0.3 is 5.73 Å². The first-order chi connectivity index (χ1) is 7.72. The maximum atomic E-state index is 5.91. The average Bonchev–Trinajstić information content (AvgIpc) is 2.61. The Kier molecular flexibility index (Phi) is 2.90. The van der Waals surface area contributed by atoms with E-state index in [1.54, 1.807) is 12.4 Å². The Labute approximate surface area is 95.1 Å². The maximum absolute atomic E-state index is 5.91. The summed E-state index contributed by atoms with van der Waals surface area (Å²) in [6.07, 6.45) is 6.55. The van der Waals surface area contributed by atoms with Crippen molar-refractivity contribution in [3.05, 3.63) is 30.4 Å². The SMILES string of the molecule is CCCn1cc(-c2ccncc2N)c(C)n1. The third kappa shape index (κ3) is 1.91. The monoisotopic (exact) mass is 216 g/mol. The lowest BCUT2D eigenvalue weighted by atomic mass is 10.1. The van der Waals surface area contributed by atoms with Gasteiger partial charge in [-0.3, -0.25) is 9.67 Å². The van der Waals surface area contributed by atoms with E-state index < -0.39 is 0 Å². The standard InChI is InChI=1S/C12H16N4/c1-3-6-16-8-11(9(2)15-16)10-4-5-14-7-12(10)13/h4-5,7-8H,3,6,13H2,1-2H3. The van der Waals surface area contributed by atoms with Crippen LogP contribution in [0, 0.1) is 6.92 Å². The summed E-state index contributed by atoms with van der Waals surface area (Å²) in [4.78, 5) is 3.99. The Balaban J connectivity index is 2.44. The molecule has 2 rings (SSSR count). The first kappa shape index (κ1) is 10.7. The molecule has 16 heavy (non-hydrogen) atoms. The van der Waals surface area contributed by atoms with Crippen LogP contribution < -0.4 is 5.73 Å². The molecule has 2 aromatic rings. The third-order valence-electron chi connectivity index (χ3n) is 2.54. The first-order valence-corrected chi connectivity index (χ1v) is 5.46. The summed E-state index contributed by atoms with van der Waals surface area (Å²) >= 11 is 0. The van der Waals surface area contributed by atoms with Gasteiger partial charge in [-0.25, -0.2) is 0 Å². The summed E-state index contributed by atoms with van der Waals surface area (Å²) < 4.78 is 1.96. The minimum Gasteiger partial charge on any atom is -0.397 e. The van der Waals surface area contributed by atoms with Crippen LogP contribution in [0.15, 0.2) is 24.7 Å². The van der Waals surface area contributed by atoms with Crippen molar-refractivity contribution in [1.82, 2.24) is 14.8 Å². The molecule has 0 aliphatic rings. The summed E-state index contributed by atoms with van der Waals surface area (Å²) in [6, 6.07) is 1.93. The number of pyridine rings is 1. The maximum Gasteiger partial charge on any atom is 0.0672 e. The molecule has 4 nitrogen and oxygen atoms in total. The number of aryl methyl sites for hydroxylation is 2. The van der Waals surface area contributed by atoms with Crippen LogP contribution in [0.25, 0.3) is 11.1 Å². The van der Waals surface area contributed by atoms with E-state index >= 15 is 0 Å². The quantitative estimate of drug-likeness (QED) is 0.856. The molecule has 2 aromatic heterocycles. The highest BCUT2D eigenvalue weighted by Gasteiger charge is 2.09. The molecule has 0 saturated carbocycles. The molecule has 0 unspecified atom stereocenters. The summed E-state index contributed by atoms with van der Waals surface area (Å²) in [5.74, 6) is 0. The molecule has 0 fully saturated rings.